The van der Waals surface area contributed by atoms with E-state index in [2.05, 4.69) is 5.32 Å². The minimum absolute atomic E-state index is 0.134. The van der Waals surface area contributed by atoms with Crippen LogP contribution in [-0.4, -0.2) is 18.0 Å². The van der Waals surface area contributed by atoms with Crippen molar-refractivity contribution in [2.45, 2.75) is 38.6 Å². The van der Waals surface area contributed by atoms with Crippen LogP contribution in [0.1, 0.15) is 38.7 Å². The summed E-state index contributed by atoms with van der Waals surface area (Å²) < 4.78 is 27.0. The first-order valence-electron chi connectivity index (χ1n) is 7.26. The summed E-state index contributed by atoms with van der Waals surface area (Å²) in [5.74, 6) is -2.20. The Kier molecular flexibility index (Phi) is 4.33. The molecule has 3 N–H and O–H groups in total. The molecule has 116 valence electrons. The van der Waals surface area contributed by atoms with E-state index in [1.807, 2.05) is 20.8 Å². The molecule has 1 amide bonds. The van der Waals surface area contributed by atoms with Crippen LogP contribution in [0.4, 0.5) is 8.78 Å². The third-order valence-electron chi connectivity index (χ3n) is 4.62. The van der Waals surface area contributed by atoms with E-state index in [4.69, 9.17) is 5.73 Å². The summed E-state index contributed by atoms with van der Waals surface area (Å²) in [5.41, 5.74) is 5.55. The Morgan fingerprint density at radius 3 is 2.71 bits per heavy atom. The second-order valence-corrected chi connectivity index (χ2v) is 6.36. The summed E-state index contributed by atoms with van der Waals surface area (Å²) in [4.78, 5) is 12.3. The van der Waals surface area contributed by atoms with Gasteiger partial charge in [-0.15, -0.1) is 0 Å². The molecule has 1 fully saturated rings. The van der Waals surface area contributed by atoms with E-state index in [0.717, 1.165) is 6.07 Å². The Morgan fingerprint density at radius 1 is 1.48 bits per heavy atom. The zero-order valence-electron chi connectivity index (χ0n) is 12.6. The van der Waals surface area contributed by atoms with Gasteiger partial charge < -0.3 is 11.1 Å². The van der Waals surface area contributed by atoms with Crippen LogP contribution in [0.15, 0.2) is 18.2 Å². The minimum Gasteiger partial charge on any atom is -0.349 e. The topological polar surface area (TPSA) is 55.1 Å². The van der Waals surface area contributed by atoms with E-state index in [9.17, 15) is 13.6 Å². The molecule has 1 aromatic rings. The highest BCUT2D eigenvalue weighted by atomic mass is 19.2. The number of halogens is 2. The number of benzene rings is 1. The van der Waals surface area contributed by atoms with Gasteiger partial charge in [0.15, 0.2) is 11.6 Å². The van der Waals surface area contributed by atoms with Crippen molar-refractivity contribution >= 4 is 5.91 Å². The lowest BCUT2D eigenvalue weighted by atomic mass is 9.88. The number of carbonyl (C=O) groups is 1. The van der Waals surface area contributed by atoms with E-state index < -0.39 is 17.2 Å². The minimum atomic E-state index is -0.868. The molecular formula is C16H22F2N2O. The van der Waals surface area contributed by atoms with Gasteiger partial charge in [-0.25, -0.2) is 8.78 Å². The Labute approximate surface area is 123 Å². The Morgan fingerprint density at radius 2 is 2.14 bits per heavy atom. The van der Waals surface area contributed by atoms with Gasteiger partial charge >= 0.3 is 0 Å². The molecule has 0 radical (unpaired) electrons. The zero-order chi connectivity index (χ0) is 15.8. The van der Waals surface area contributed by atoms with Gasteiger partial charge in [-0.3, -0.25) is 4.79 Å². The molecule has 0 spiro atoms. The van der Waals surface area contributed by atoms with Gasteiger partial charge in [0.25, 0.3) is 0 Å². The second-order valence-electron chi connectivity index (χ2n) is 6.36. The maximum atomic E-state index is 13.7. The molecule has 0 aliphatic heterocycles. The molecule has 5 heteroatoms. The average molecular weight is 296 g/mol. The van der Waals surface area contributed by atoms with Gasteiger partial charge in [-0.2, -0.15) is 0 Å². The predicted octanol–water partition coefficient (Wildman–Crippen LogP) is 2.56. The second kappa shape index (κ2) is 5.72. The third-order valence-corrected chi connectivity index (χ3v) is 4.62. The highest BCUT2D eigenvalue weighted by Gasteiger charge is 2.47. The van der Waals surface area contributed by atoms with Gasteiger partial charge in [0.2, 0.25) is 5.91 Å². The fraction of sp³-hybridized carbons (Fsp3) is 0.562. The Bertz CT molecular complexity index is 547. The number of nitrogens with one attached hydrogen (secondary N) is 1. The van der Waals surface area contributed by atoms with Crippen molar-refractivity contribution < 1.29 is 13.6 Å². The van der Waals surface area contributed by atoms with Gasteiger partial charge in [0.1, 0.15) is 0 Å². The van der Waals surface area contributed by atoms with Crippen LogP contribution in [0, 0.1) is 23.5 Å². The molecule has 0 bridgehead atoms. The molecule has 1 aromatic carbocycles. The normalized spacial score (nSPS) is 23.8. The molecule has 2 rings (SSSR count). The van der Waals surface area contributed by atoms with Crippen molar-refractivity contribution in [2.24, 2.45) is 17.6 Å². The zero-order valence-corrected chi connectivity index (χ0v) is 12.6. The number of nitrogens with two attached hydrogens (primary N) is 1. The molecule has 1 saturated carbocycles. The Hall–Kier alpha value is -1.49. The van der Waals surface area contributed by atoms with Crippen LogP contribution in [0.2, 0.25) is 0 Å². The van der Waals surface area contributed by atoms with Gasteiger partial charge in [0, 0.05) is 12.5 Å². The standard InChI is InChI=1S/C16H22F2N2O/c1-9(2)16(3,8-19)20-15(21)12-7-11(12)10-5-4-6-13(17)14(10)18/h4-6,9,11-12H,7-8,19H2,1-3H3,(H,20,21). The molecule has 3 unspecified atom stereocenters. The molecule has 1 aliphatic rings. The molecule has 3 nitrogen and oxygen atoms in total. The van der Waals surface area contributed by atoms with E-state index >= 15 is 0 Å². The van der Waals surface area contributed by atoms with E-state index in [0.29, 0.717) is 13.0 Å². The fourth-order valence-electron chi connectivity index (χ4n) is 2.44. The summed E-state index contributed by atoms with van der Waals surface area (Å²) in [6.45, 7) is 6.21. The first-order chi connectivity index (χ1) is 9.80. The lowest BCUT2D eigenvalue weighted by molar-refractivity contribution is -0.124. The maximum Gasteiger partial charge on any atom is 0.224 e. The molecule has 0 heterocycles. The lowest BCUT2D eigenvalue weighted by Crippen LogP contribution is -2.55. The van der Waals surface area contributed by atoms with Crippen LogP contribution in [0.3, 0.4) is 0 Å². The van der Waals surface area contributed by atoms with E-state index in [1.165, 1.54) is 6.07 Å². The van der Waals surface area contributed by atoms with Crippen molar-refractivity contribution in [1.29, 1.82) is 0 Å². The van der Waals surface area contributed by atoms with Crippen LogP contribution in [0.5, 0.6) is 0 Å². The SMILES string of the molecule is CC(C)C(C)(CN)NC(=O)C1CC1c1cccc(F)c1F. The van der Waals surface area contributed by atoms with Crippen LogP contribution in [-0.2, 0) is 4.79 Å². The third kappa shape index (κ3) is 3.07. The van der Waals surface area contributed by atoms with Crippen molar-refractivity contribution in [1.82, 2.24) is 5.32 Å². The summed E-state index contributed by atoms with van der Waals surface area (Å²) in [7, 11) is 0. The first-order valence-corrected chi connectivity index (χ1v) is 7.26. The average Bonchev–Trinajstić information content (AvgIpc) is 3.21. The highest BCUT2D eigenvalue weighted by molar-refractivity contribution is 5.83. The number of hydrogen-bond donors (Lipinski definition) is 2. The highest BCUT2D eigenvalue weighted by Crippen LogP contribution is 2.48. The maximum absolute atomic E-state index is 13.7. The van der Waals surface area contributed by atoms with E-state index in [1.54, 1.807) is 6.07 Å². The summed E-state index contributed by atoms with van der Waals surface area (Å²) in [5, 5.41) is 2.96. The molecular weight excluding hydrogens is 274 g/mol. The fourth-order valence-corrected chi connectivity index (χ4v) is 2.44. The van der Waals surface area contributed by atoms with Gasteiger partial charge in [-0.05, 0) is 36.8 Å². The number of amides is 1. The number of rotatable bonds is 5. The van der Waals surface area contributed by atoms with Crippen molar-refractivity contribution in [2.75, 3.05) is 6.54 Å². The van der Waals surface area contributed by atoms with Gasteiger partial charge in [0.05, 0.1) is 5.54 Å². The van der Waals surface area contributed by atoms with Crippen molar-refractivity contribution in [3.05, 3.63) is 35.4 Å². The van der Waals surface area contributed by atoms with Crippen LogP contribution >= 0.6 is 0 Å². The Balaban J connectivity index is 2.06. The molecule has 0 aromatic heterocycles. The smallest absolute Gasteiger partial charge is 0.224 e. The summed E-state index contributed by atoms with van der Waals surface area (Å²) in [6, 6.07) is 4.10. The molecule has 0 saturated heterocycles. The first kappa shape index (κ1) is 15.9. The molecule has 21 heavy (non-hydrogen) atoms. The van der Waals surface area contributed by atoms with Crippen LogP contribution < -0.4 is 11.1 Å². The molecule has 1 aliphatic carbocycles. The predicted molar refractivity (Wildman–Crippen MR) is 77.6 cm³/mol. The van der Waals surface area contributed by atoms with Crippen LogP contribution in [0.25, 0.3) is 0 Å². The summed E-state index contributed by atoms with van der Waals surface area (Å²) in [6.07, 6.45) is 0.547. The summed E-state index contributed by atoms with van der Waals surface area (Å²) >= 11 is 0. The quantitative estimate of drug-likeness (QED) is 0.877. The number of hydrogen-bond acceptors (Lipinski definition) is 2. The van der Waals surface area contributed by atoms with Gasteiger partial charge in [-0.1, -0.05) is 26.0 Å². The van der Waals surface area contributed by atoms with Crippen molar-refractivity contribution in [3.8, 4) is 0 Å². The monoisotopic (exact) mass is 296 g/mol. The lowest BCUT2D eigenvalue weighted by Gasteiger charge is -2.33. The van der Waals surface area contributed by atoms with E-state index in [-0.39, 0.29) is 29.2 Å². The van der Waals surface area contributed by atoms with Crippen molar-refractivity contribution in [3.63, 3.8) is 0 Å². The largest absolute Gasteiger partial charge is 0.349 e. The number of carbonyl (C=O) groups excluding carboxylic acids is 1. The molecule has 3 atom stereocenters.